The first-order valence-electron chi connectivity index (χ1n) is 4.01. The van der Waals surface area contributed by atoms with E-state index in [9.17, 15) is 0 Å². The van der Waals surface area contributed by atoms with Gasteiger partial charge in [0.15, 0.2) is 0 Å². The van der Waals surface area contributed by atoms with E-state index in [0.29, 0.717) is 11.8 Å². The van der Waals surface area contributed by atoms with Gasteiger partial charge in [-0.2, -0.15) is 0 Å². The van der Waals surface area contributed by atoms with Crippen LogP contribution in [-0.4, -0.2) is 3.23 Å². The van der Waals surface area contributed by atoms with Gasteiger partial charge >= 0.3 is 0 Å². The fourth-order valence-corrected chi connectivity index (χ4v) is 4.10. The molecule has 2 heteroatoms. The van der Waals surface area contributed by atoms with Crippen LogP contribution in [0.25, 0.3) is 0 Å². The minimum atomic E-state index is 0.0856. The van der Waals surface area contributed by atoms with Crippen molar-refractivity contribution in [3.8, 4) is 0 Å². The molecule has 0 aliphatic heterocycles. The third-order valence-corrected chi connectivity index (χ3v) is 3.77. The van der Waals surface area contributed by atoms with Crippen LogP contribution < -0.4 is 0 Å². The monoisotopic (exact) mass is 280 g/mol. The Balaban J connectivity index is 2.79. The molecule has 0 nitrogen and oxygen atoms in total. The Morgan fingerprint density at radius 3 is 1.27 bits per heavy atom. The number of hydrogen-bond donors (Lipinski definition) is 0. The Morgan fingerprint density at radius 2 is 1.18 bits per heavy atom. The molecule has 0 N–H and O–H groups in total. The highest BCUT2D eigenvalue weighted by Crippen LogP contribution is 2.61. The van der Waals surface area contributed by atoms with Crippen LogP contribution in [0.4, 0.5) is 0 Å². The van der Waals surface area contributed by atoms with Gasteiger partial charge in [-0.15, -0.1) is 0 Å². The first-order chi connectivity index (χ1) is 4.89. The molecule has 1 aliphatic rings. The standard InChI is InChI=1S/C9H14Br2/c1-5(2)7-8(6(3)4)9(7,10)11/h5-6H,1-4H3. The molecule has 0 saturated heterocycles. The van der Waals surface area contributed by atoms with E-state index in [1.54, 1.807) is 0 Å². The Bertz CT molecular complexity index is 180. The molecule has 0 aromatic rings. The largest absolute Gasteiger partial charge is 0.123 e. The summed E-state index contributed by atoms with van der Waals surface area (Å²) in [4.78, 5) is 0. The molecule has 1 aliphatic carbocycles. The van der Waals surface area contributed by atoms with Gasteiger partial charge in [0, 0.05) is 0 Å². The van der Waals surface area contributed by atoms with Crippen molar-refractivity contribution in [3.63, 3.8) is 0 Å². The lowest BCUT2D eigenvalue weighted by Gasteiger charge is -2.04. The predicted octanol–water partition coefficient (Wildman–Crippen LogP) is 4.09. The summed E-state index contributed by atoms with van der Waals surface area (Å²) in [5.74, 6) is 1.32. The first-order valence-corrected chi connectivity index (χ1v) is 5.60. The van der Waals surface area contributed by atoms with Crippen molar-refractivity contribution < 1.29 is 0 Å². The second kappa shape index (κ2) is 2.88. The Kier molecular flexibility index (Phi) is 2.56. The van der Waals surface area contributed by atoms with Gasteiger partial charge in [0.1, 0.15) is 3.23 Å². The number of allylic oxidation sites excluding steroid dienone is 2. The van der Waals surface area contributed by atoms with E-state index < -0.39 is 0 Å². The molecular formula is C9H14Br2. The smallest absolute Gasteiger partial charge is 0.0627 e. The van der Waals surface area contributed by atoms with Crippen LogP contribution >= 0.6 is 31.9 Å². The van der Waals surface area contributed by atoms with Crippen molar-refractivity contribution >= 4 is 31.9 Å². The van der Waals surface area contributed by atoms with Gasteiger partial charge in [-0.3, -0.25) is 0 Å². The van der Waals surface area contributed by atoms with Gasteiger partial charge in [0.25, 0.3) is 0 Å². The second-order valence-corrected chi connectivity index (χ2v) is 7.15. The molecule has 0 spiro atoms. The van der Waals surface area contributed by atoms with Gasteiger partial charge in [-0.05, 0) is 23.0 Å². The van der Waals surface area contributed by atoms with Gasteiger partial charge in [-0.1, -0.05) is 59.6 Å². The van der Waals surface area contributed by atoms with E-state index in [4.69, 9.17) is 0 Å². The molecular weight excluding hydrogens is 268 g/mol. The van der Waals surface area contributed by atoms with Crippen LogP contribution in [0.1, 0.15) is 27.7 Å². The molecule has 1 rings (SSSR count). The molecule has 0 unspecified atom stereocenters. The van der Waals surface area contributed by atoms with Crippen LogP contribution in [0.5, 0.6) is 0 Å². The fourth-order valence-electron chi connectivity index (χ4n) is 1.62. The summed E-state index contributed by atoms with van der Waals surface area (Å²) in [6.07, 6.45) is 0. The highest BCUT2D eigenvalue weighted by atomic mass is 79.9. The number of alkyl halides is 2. The first kappa shape index (κ1) is 9.79. The van der Waals surface area contributed by atoms with Crippen molar-refractivity contribution in [2.45, 2.75) is 30.9 Å². The number of rotatable bonds is 2. The maximum absolute atomic E-state index is 3.66. The third-order valence-electron chi connectivity index (χ3n) is 2.06. The van der Waals surface area contributed by atoms with Crippen molar-refractivity contribution in [1.82, 2.24) is 0 Å². The molecule has 0 bridgehead atoms. The molecule has 0 radical (unpaired) electrons. The maximum atomic E-state index is 3.66. The quantitative estimate of drug-likeness (QED) is 0.528. The van der Waals surface area contributed by atoms with Crippen molar-refractivity contribution in [2.75, 3.05) is 0 Å². The fraction of sp³-hybridized carbons (Fsp3) is 0.778. The van der Waals surface area contributed by atoms with Gasteiger partial charge in [0.2, 0.25) is 0 Å². The maximum Gasteiger partial charge on any atom is 0.123 e. The molecule has 11 heavy (non-hydrogen) atoms. The van der Waals surface area contributed by atoms with Crippen LogP contribution in [0.15, 0.2) is 11.1 Å². The van der Waals surface area contributed by atoms with Crippen molar-refractivity contribution in [3.05, 3.63) is 11.1 Å². The van der Waals surface area contributed by atoms with Crippen molar-refractivity contribution in [1.29, 1.82) is 0 Å². The molecule has 0 heterocycles. The Hall–Kier alpha value is 0.700. The topological polar surface area (TPSA) is 0 Å². The summed E-state index contributed by atoms with van der Waals surface area (Å²) in [5, 5.41) is 0. The SMILES string of the molecule is CC(C)C1=C(C(C)C)C1(Br)Br. The Labute approximate surface area is 85.7 Å². The van der Waals surface area contributed by atoms with E-state index in [2.05, 4.69) is 59.6 Å². The molecule has 0 atom stereocenters. The van der Waals surface area contributed by atoms with E-state index in [1.807, 2.05) is 0 Å². The lowest BCUT2D eigenvalue weighted by molar-refractivity contribution is 0.780. The van der Waals surface area contributed by atoms with Crippen LogP contribution in [0.3, 0.4) is 0 Å². The van der Waals surface area contributed by atoms with Gasteiger partial charge in [0.05, 0.1) is 0 Å². The minimum absolute atomic E-state index is 0.0856. The van der Waals surface area contributed by atoms with Gasteiger partial charge < -0.3 is 0 Å². The average Bonchev–Trinajstić information content (AvgIpc) is 2.33. The summed E-state index contributed by atoms with van der Waals surface area (Å²) in [6, 6.07) is 0. The minimum Gasteiger partial charge on any atom is -0.0627 e. The highest BCUT2D eigenvalue weighted by Gasteiger charge is 2.50. The van der Waals surface area contributed by atoms with Crippen LogP contribution in [-0.2, 0) is 0 Å². The summed E-state index contributed by atoms with van der Waals surface area (Å²) in [7, 11) is 0. The summed E-state index contributed by atoms with van der Waals surface area (Å²) >= 11 is 7.33. The van der Waals surface area contributed by atoms with Crippen LogP contribution in [0.2, 0.25) is 0 Å². The molecule has 0 saturated carbocycles. The summed E-state index contributed by atoms with van der Waals surface area (Å²) in [6.45, 7) is 8.95. The highest BCUT2D eigenvalue weighted by molar-refractivity contribution is 9.26. The summed E-state index contributed by atoms with van der Waals surface area (Å²) in [5.41, 5.74) is 3.07. The van der Waals surface area contributed by atoms with Crippen molar-refractivity contribution in [2.24, 2.45) is 11.8 Å². The summed E-state index contributed by atoms with van der Waals surface area (Å²) < 4.78 is 0.0856. The zero-order chi connectivity index (χ0) is 8.81. The average molecular weight is 282 g/mol. The Morgan fingerprint density at radius 1 is 0.909 bits per heavy atom. The number of halogens is 2. The predicted molar refractivity (Wildman–Crippen MR) is 57.3 cm³/mol. The normalized spacial score (nSPS) is 21.8. The number of hydrogen-bond acceptors (Lipinski definition) is 0. The molecule has 0 aromatic heterocycles. The lowest BCUT2D eigenvalue weighted by atomic mass is 10.1. The molecule has 64 valence electrons. The van der Waals surface area contributed by atoms with E-state index in [-0.39, 0.29) is 3.23 Å². The molecule has 0 aromatic carbocycles. The molecule has 0 amide bonds. The van der Waals surface area contributed by atoms with E-state index in [1.165, 1.54) is 11.1 Å². The van der Waals surface area contributed by atoms with Gasteiger partial charge in [-0.25, -0.2) is 0 Å². The zero-order valence-electron chi connectivity index (χ0n) is 7.41. The van der Waals surface area contributed by atoms with Crippen LogP contribution in [0, 0.1) is 11.8 Å². The molecule has 0 fully saturated rings. The van der Waals surface area contributed by atoms with E-state index in [0.717, 1.165) is 0 Å². The zero-order valence-corrected chi connectivity index (χ0v) is 10.6. The lowest BCUT2D eigenvalue weighted by Crippen LogP contribution is -1.98. The third kappa shape index (κ3) is 1.57. The van der Waals surface area contributed by atoms with E-state index >= 15 is 0 Å². The second-order valence-electron chi connectivity index (χ2n) is 3.71.